The maximum atomic E-state index is 13.0. The molecule has 0 N–H and O–H groups in total. The number of carbonyl (C=O) groups is 1. The Labute approximate surface area is 143 Å². The van der Waals surface area contributed by atoms with Crippen molar-refractivity contribution >= 4 is 29.1 Å². The topological polar surface area (TPSA) is 58.2 Å². The lowest BCUT2D eigenvalue weighted by Crippen LogP contribution is -2.31. The molecule has 0 bridgehead atoms. The van der Waals surface area contributed by atoms with Gasteiger partial charge < -0.3 is 4.42 Å². The Hall–Kier alpha value is -2.41. The molecule has 0 aliphatic carbocycles. The van der Waals surface area contributed by atoms with Crippen molar-refractivity contribution in [3.05, 3.63) is 59.8 Å². The average molecular weight is 345 g/mol. The quantitative estimate of drug-likeness (QED) is 0.614. The number of hydrogen-bond donors (Lipinski definition) is 0. The molecular formula is C17H16FN3O2S. The van der Waals surface area contributed by atoms with Crippen molar-refractivity contribution in [3.8, 4) is 0 Å². The molecule has 1 aliphatic heterocycles. The fraction of sp³-hybridized carbons (Fsp3) is 0.235. The van der Waals surface area contributed by atoms with Crippen molar-refractivity contribution in [1.82, 2.24) is 4.90 Å². The largest absolute Gasteiger partial charge is 0.463 e. The zero-order valence-corrected chi connectivity index (χ0v) is 13.9. The molecule has 7 heteroatoms. The molecule has 1 amide bonds. The van der Waals surface area contributed by atoms with Crippen LogP contribution in [0.1, 0.15) is 24.7 Å². The predicted molar refractivity (Wildman–Crippen MR) is 92.4 cm³/mol. The van der Waals surface area contributed by atoms with Crippen LogP contribution in [-0.4, -0.2) is 27.4 Å². The van der Waals surface area contributed by atoms with Gasteiger partial charge in [-0.05, 0) is 36.2 Å². The van der Waals surface area contributed by atoms with Gasteiger partial charge in [0.25, 0.3) is 0 Å². The highest BCUT2D eigenvalue weighted by molar-refractivity contribution is 8.15. The van der Waals surface area contributed by atoms with E-state index < -0.39 is 0 Å². The van der Waals surface area contributed by atoms with Crippen LogP contribution in [-0.2, 0) is 11.3 Å². The minimum absolute atomic E-state index is 0.00114. The van der Waals surface area contributed by atoms with Gasteiger partial charge in [-0.2, -0.15) is 5.10 Å². The SMILES string of the molecule is CC[C@H]1S/C(=N/N=C\c2ccco2)N(Cc2ccc(F)cc2)C1=O. The Morgan fingerprint density at radius 3 is 2.79 bits per heavy atom. The summed E-state index contributed by atoms with van der Waals surface area (Å²) >= 11 is 1.39. The van der Waals surface area contributed by atoms with Crippen LogP contribution in [0.2, 0.25) is 0 Å². The summed E-state index contributed by atoms with van der Waals surface area (Å²) in [4.78, 5) is 14.1. The van der Waals surface area contributed by atoms with Crippen LogP contribution in [0, 0.1) is 5.82 Å². The van der Waals surface area contributed by atoms with Crippen LogP contribution < -0.4 is 0 Å². The Morgan fingerprint density at radius 1 is 1.33 bits per heavy atom. The van der Waals surface area contributed by atoms with E-state index in [1.54, 1.807) is 35.4 Å². The number of carbonyl (C=O) groups excluding carboxylic acids is 1. The first kappa shape index (κ1) is 16.4. The van der Waals surface area contributed by atoms with Gasteiger partial charge in [0.2, 0.25) is 5.91 Å². The second kappa shape index (κ2) is 7.44. The highest BCUT2D eigenvalue weighted by atomic mass is 32.2. The van der Waals surface area contributed by atoms with Crippen molar-refractivity contribution in [2.45, 2.75) is 25.1 Å². The summed E-state index contributed by atoms with van der Waals surface area (Å²) in [6.45, 7) is 2.30. The summed E-state index contributed by atoms with van der Waals surface area (Å²) < 4.78 is 18.2. The number of nitrogens with zero attached hydrogens (tertiary/aromatic N) is 3. The molecule has 0 radical (unpaired) electrons. The number of hydrogen-bond acceptors (Lipinski definition) is 5. The Morgan fingerprint density at radius 2 is 2.12 bits per heavy atom. The molecule has 0 unspecified atom stereocenters. The van der Waals surface area contributed by atoms with Crippen molar-refractivity contribution in [2.24, 2.45) is 10.2 Å². The van der Waals surface area contributed by atoms with Crippen molar-refractivity contribution < 1.29 is 13.6 Å². The molecule has 5 nitrogen and oxygen atoms in total. The maximum Gasteiger partial charge on any atom is 0.242 e. The summed E-state index contributed by atoms with van der Waals surface area (Å²) in [5.41, 5.74) is 0.838. The number of benzene rings is 1. The second-order valence-electron chi connectivity index (χ2n) is 5.21. The first-order valence-electron chi connectivity index (χ1n) is 7.54. The third-order valence-corrected chi connectivity index (χ3v) is 4.85. The first-order chi connectivity index (χ1) is 11.7. The molecule has 1 aromatic carbocycles. The van der Waals surface area contributed by atoms with E-state index in [4.69, 9.17) is 4.42 Å². The van der Waals surface area contributed by atoms with Crippen LogP contribution in [0.5, 0.6) is 0 Å². The summed E-state index contributed by atoms with van der Waals surface area (Å²) in [6, 6.07) is 9.61. The van der Waals surface area contributed by atoms with E-state index in [1.807, 2.05) is 6.92 Å². The zero-order chi connectivity index (χ0) is 16.9. The summed E-state index contributed by atoms with van der Waals surface area (Å²) in [5.74, 6) is 0.286. The van der Waals surface area contributed by atoms with E-state index >= 15 is 0 Å². The van der Waals surface area contributed by atoms with Gasteiger partial charge in [-0.3, -0.25) is 9.69 Å². The summed E-state index contributed by atoms with van der Waals surface area (Å²) in [5, 5.41) is 8.54. The van der Waals surface area contributed by atoms with E-state index in [0.717, 1.165) is 5.56 Å². The van der Waals surface area contributed by atoms with Gasteiger partial charge in [-0.15, -0.1) is 5.10 Å². The highest BCUT2D eigenvalue weighted by Gasteiger charge is 2.36. The van der Waals surface area contributed by atoms with Gasteiger partial charge in [-0.25, -0.2) is 4.39 Å². The average Bonchev–Trinajstić information content (AvgIpc) is 3.20. The maximum absolute atomic E-state index is 13.0. The van der Waals surface area contributed by atoms with Crippen LogP contribution in [0.4, 0.5) is 4.39 Å². The smallest absolute Gasteiger partial charge is 0.242 e. The number of thioether (sulfide) groups is 1. The first-order valence-corrected chi connectivity index (χ1v) is 8.42. The van der Waals surface area contributed by atoms with Crippen molar-refractivity contribution in [1.29, 1.82) is 0 Å². The van der Waals surface area contributed by atoms with Gasteiger partial charge in [0.05, 0.1) is 24.3 Å². The molecule has 1 atom stereocenters. The van der Waals surface area contributed by atoms with E-state index in [9.17, 15) is 9.18 Å². The predicted octanol–water partition coefficient (Wildman–Crippen LogP) is 3.66. The third kappa shape index (κ3) is 3.73. The summed E-state index contributed by atoms with van der Waals surface area (Å²) in [7, 11) is 0. The van der Waals surface area contributed by atoms with Gasteiger partial charge >= 0.3 is 0 Å². The third-order valence-electron chi connectivity index (χ3n) is 3.52. The molecule has 0 saturated carbocycles. The zero-order valence-electron chi connectivity index (χ0n) is 13.1. The standard InChI is InChI=1S/C17H16FN3O2S/c1-2-15-16(22)21(11-12-5-7-13(18)8-6-12)17(24-15)20-19-10-14-4-3-9-23-14/h3-10,15H,2,11H2,1H3/b19-10-,20-17+/t15-/m1/s1. The van der Waals surface area contributed by atoms with Gasteiger partial charge in [0.1, 0.15) is 11.6 Å². The Balaban J connectivity index is 1.79. The molecule has 3 rings (SSSR count). The normalized spacial score (nSPS) is 19.8. The fourth-order valence-electron chi connectivity index (χ4n) is 2.26. The van der Waals surface area contributed by atoms with Gasteiger partial charge in [-0.1, -0.05) is 30.8 Å². The van der Waals surface area contributed by atoms with Gasteiger partial charge in [0, 0.05) is 0 Å². The number of amides is 1. The molecule has 124 valence electrons. The van der Waals surface area contributed by atoms with Crippen LogP contribution in [0.15, 0.2) is 57.3 Å². The van der Waals surface area contributed by atoms with Crippen LogP contribution in [0.3, 0.4) is 0 Å². The van der Waals surface area contributed by atoms with Crippen LogP contribution >= 0.6 is 11.8 Å². The number of amidine groups is 1. The monoisotopic (exact) mass is 345 g/mol. The second-order valence-corrected chi connectivity index (χ2v) is 6.38. The lowest BCUT2D eigenvalue weighted by Gasteiger charge is -2.15. The molecule has 1 aliphatic rings. The van der Waals surface area contributed by atoms with Gasteiger partial charge in [0.15, 0.2) is 5.17 Å². The lowest BCUT2D eigenvalue weighted by atomic mass is 10.2. The molecule has 24 heavy (non-hydrogen) atoms. The lowest BCUT2D eigenvalue weighted by molar-refractivity contribution is -0.126. The van der Waals surface area contributed by atoms with E-state index in [0.29, 0.717) is 23.9 Å². The minimum Gasteiger partial charge on any atom is -0.463 e. The Bertz CT molecular complexity index is 757. The number of rotatable bonds is 5. The minimum atomic E-state index is -0.302. The molecule has 1 fully saturated rings. The molecule has 0 spiro atoms. The molecule has 2 heterocycles. The highest BCUT2D eigenvalue weighted by Crippen LogP contribution is 2.30. The van der Waals surface area contributed by atoms with E-state index in [1.165, 1.54) is 30.1 Å². The van der Waals surface area contributed by atoms with Crippen LogP contribution in [0.25, 0.3) is 0 Å². The van der Waals surface area contributed by atoms with Crippen molar-refractivity contribution in [3.63, 3.8) is 0 Å². The Kier molecular flexibility index (Phi) is 5.10. The molecule has 2 aromatic rings. The fourth-order valence-corrected chi connectivity index (χ4v) is 3.29. The van der Waals surface area contributed by atoms with E-state index in [2.05, 4.69) is 10.2 Å². The molecule has 1 saturated heterocycles. The molecule has 1 aromatic heterocycles. The summed E-state index contributed by atoms with van der Waals surface area (Å²) in [6.07, 6.45) is 3.76. The number of furan rings is 1. The molecular weight excluding hydrogens is 329 g/mol. The number of halogens is 1. The van der Waals surface area contributed by atoms with Crippen molar-refractivity contribution in [2.75, 3.05) is 0 Å². The van der Waals surface area contributed by atoms with E-state index in [-0.39, 0.29) is 17.0 Å².